The lowest BCUT2D eigenvalue weighted by Crippen LogP contribution is -2.30. The first kappa shape index (κ1) is 20.7. The highest BCUT2D eigenvalue weighted by Gasteiger charge is 2.18. The zero-order chi connectivity index (χ0) is 20.7. The minimum atomic E-state index is -0.654. The Kier molecular flexibility index (Phi) is 6.91. The van der Waals surface area contributed by atoms with Gasteiger partial charge < -0.3 is 19.5 Å². The van der Waals surface area contributed by atoms with Gasteiger partial charge in [-0.25, -0.2) is 0 Å². The van der Waals surface area contributed by atoms with Gasteiger partial charge in [0.1, 0.15) is 18.9 Å². The standard InChI is InChI=1S/C19H20N2O7/c1-12-4-6-16(26-2)14(8-12)11-28-18(22)10-20-19(23)13-5-7-17(27-3)15(9-13)21(24)25/h4-9H,10-11H2,1-3H3,(H,20,23). The van der Waals surface area contributed by atoms with Gasteiger partial charge in [0.25, 0.3) is 5.91 Å². The summed E-state index contributed by atoms with van der Waals surface area (Å²) in [6.07, 6.45) is 0. The van der Waals surface area contributed by atoms with Crippen LogP contribution in [0.2, 0.25) is 0 Å². The van der Waals surface area contributed by atoms with Crippen LogP contribution in [0.4, 0.5) is 5.69 Å². The molecular formula is C19H20N2O7. The number of amides is 1. The summed E-state index contributed by atoms with van der Waals surface area (Å²) in [5.74, 6) is -0.670. The molecule has 9 nitrogen and oxygen atoms in total. The third-order valence-electron chi connectivity index (χ3n) is 3.86. The van der Waals surface area contributed by atoms with Crippen molar-refractivity contribution in [3.63, 3.8) is 0 Å². The van der Waals surface area contributed by atoms with Crippen LogP contribution in [0.1, 0.15) is 21.5 Å². The van der Waals surface area contributed by atoms with Crippen molar-refractivity contribution in [2.45, 2.75) is 13.5 Å². The van der Waals surface area contributed by atoms with E-state index >= 15 is 0 Å². The van der Waals surface area contributed by atoms with Crippen LogP contribution in [0.15, 0.2) is 36.4 Å². The van der Waals surface area contributed by atoms with Crippen molar-refractivity contribution in [3.8, 4) is 11.5 Å². The zero-order valence-electron chi connectivity index (χ0n) is 15.7. The van der Waals surface area contributed by atoms with Gasteiger partial charge >= 0.3 is 11.7 Å². The van der Waals surface area contributed by atoms with Gasteiger partial charge in [0.05, 0.1) is 19.1 Å². The minimum absolute atomic E-state index is 0.00638. The number of rotatable bonds is 8. The van der Waals surface area contributed by atoms with Crippen LogP contribution in [0, 0.1) is 17.0 Å². The molecule has 0 fully saturated rings. The normalized spacial score (nSPS) is 10.1. The fraction of sp³-hybridized carbons (Fsp3) is 0.263. The first-order valence-electron chi connectivity index (χ1n) is 8.25. The number of nitro benzene ring substituents is 1. The molecule has 0 heterocycles. The molecule has 1 N–H and O–H groups in total. The zero-order valence-corrected chi connectivity index (χ0v) is 15.7. The molecule has 0 aromatic heterocycles. The topological polar surface area (TPSA) is 117 Å². The van der Waals surface area contributed by atoms with Crippen LogP contribution >= 0.6 is 0 Å². The number of hydrogen-bond acceptors (Lipinski definition) is 7. The van der Waals surface area contributed by atoms with Crippen LogP contribution in [-0.2, 0) is 16.1 Å². The van der Waals surface area contributed by atoms with Crippen molar-refractivity contribution in [2.24, 2.45) is 0 Å². The number of carbonyl (C=O) groups excluding carboxylic acids is 2. The number of aryl methyl sites for hydroxylation is 1. The van der Waals surface area contributed by atoms with E-state index in [2.05, 4.69) is 5.32 Å². The molecule has 0 saturated heterocycles. The molecule has 0 aliphatic carbocycles. The summed E-state index contributed by atoms with van der Waals surface area (Å²) in [4.78, 5) is 34.4. The van der Waals surface area contributed by atoms with Crippen molar-refractivity contribution < 1.29 is 28.7 Å². The molecule has 0 aliphatic rings. The van der Waals surface area contributed by atoms with Crippen LogP contribution in [0.25, 0.3) is 0 Å². The molecule has 0 saturated carbocycles. The predicted molar refractivity (Wildman–Crippen MR) is 99.5 cm³/mol. The molecule has 0 atom stereocenters. The van der Waals surface area contributed by atoms with Crippen LogP contribution in [0.5, 0.6) is 11.5 Å². The van der Waals surface area contributed by atoms with Crippen LogP contribution < -0.4 is 14.8 Å². The average molecular weight is 388 g/mol. The van der Waals surface area contributed by atoms with E-state index in [1.165, 1.54) is 26.4 Å². The highest BCUT2D eigenvalue weighted by Crippen LogP contribution is 2.27. The largest absolute Gasteiger partial charge is 0.496 e. The molecule has 0 spiro atoms. The molecule has 0 aliphatic heterocycles. The van der Waals surface area contributed by atoms with Gasteiger partial charge in [-0.15, -0.1) is 0 Å². The van der Waals surface area contributed by atoms with E-state index in [1.807, 2.05) is 19.1 Å². The number of nitrogens with zero attached hydrogens (tertiary/aromatic N) is 1. The second-order valence-corrected chi connectivity index (χ2v) is 5.80. The van der Waals surface area contributed by atoms with Gasteiger partial charge in [-0.3, -0.25) is 19.7 Å². The number of esters is 1. The summed E-state index contributed by atoms with van der Waals surface area (Å²) in [5.41, 5.74) is 1.37. The van der Waals surface area contributed by atoms with Crippen molar-refractivity contribution in [2.75, 3.05) is 20.8 Å². The first-order chi connectivity index (χ1) is 13.3. The SMILES string of the molecule is COc1ccc(C)cc1COC(=O)CNC(=O)c1ccc(OC)c([N+](=O)[O-])c1. The van der Waals surface area contributed by atoms with Crippen molar-refractivity contribution in [3.05, 3.63) is 63.2 Å². The van der Waals surface area contributed by atoms with E-state index in [0.29, 0.717) is 11.3 Å². The third-order valence-corrected chi connectivity index (χ3v) is 3.86. The molecule has 9 heteroatoms. The lowest BCUT2D eigenvalue weighted by atomic mass is 10.1. The molecule has 0 radical (unpaired) electrons. The van der Waals surface area contributed by atoms with Gasteiger partial charge in [-0.2, -0.15) is 0 Å². The van der Waals surface area contributed by atoms with E-state index in [9.17, 15) is 19.7 Å². The fourth-order valence-corrected chi connectivity index (χ4v) is 2.46. The van der Waals surface area contributed by atoms with Crippen molar-refractivity contribution in [1.82, 2.24) is 5.32 Å². The van der Waals surface area contributed by atoms with Crippen molar-refractivity contribution in [1.29, 1.82) is 0 Å². The Balaban J connectivity index is 1.94. The quantitative estimate of drug-likeness (QED) is 0.419. The summed E-state index contributed by atoms with van der Waals surface area (Å²) in [6, 6.07) is 9.24. The predicted octanol–water partition coefficient (Wildman–Crippen LogP) is 2.39. The number of nitro groups is 1. The Hall–Kier alpha value is -3.62. The molecule has 2 aromatic carbocycles. The average Bonchev–Trinajstić information content (AvgIpc) is 2.69. The highest BCUT2D eigenvalue weighted by atomic mass is 16.6. The Morgan fingerprint density at radius 1 is 1.07 bits per heavy atom. The number of ether oxygens (including phenoxy) is 3. The molecular weight excluding hydrogens is 368 g/mol. The second-order valence-electron chi connectivity index (χ2n) is 5.80. The third kappa shape index (κ3) is 5.19. The smallest absolute Gasteiger partial charge is 0.325 e. The molecule has 28 heavy (non-hydrogen) atoms. The van der Waals surface area contributed by atoms with Gasteiger partial charge in [-0.1, -0.05) is 11.6 Å². The van der Waals surface area contributed by atoms with Gasteiger partial charge in [0.15, 0.2) is 5.75 Å². The van der Waals surface area contributed by atoms with Gasteiger partial charge in [0.2, 0.25) is 0 Å². The summed E-state index contributed by atoms with van der Waals surface area (Å²) >= 11 is 0. The van der Waals surface area contributed by atoms with E-state index in [4.69, 9.17) is 14.2 Å². The lowest BCUT2D eigenvalue weighted by molar-refractivity contribution is -0.385. The fourth-order valence-electron chi connectivity index (χ4n) is 2.46. The van der Waals surface area contributed by atoms with Gasteiger partial charge in [-0.05, 0) is 31.2 Å². The Labute approximate surface area is 161 Å². The van der Waals surface area contributed by atoms with E-state index in [-0.39, 0.29) is 30.2 Å². The van der Waals surface area contributed by atoms with E-state index in [0.717, 1.165) is 11.6 Å². The summed E-state index contributed by atoms with van der Waals surface area (Å²) in [7, 11) is 2.81. The number of benzene rings is 2. The first-order valence-corrected chi connectivity index (χ1v) is 8.25. The highest BCUT2D eigenvalue weighted by molar-refractivity contribution is 5.96. The van der Waals surface area contributed by atoms with Crippen LogP contribution in [0.3, 0.4) is 0 Å². The second kappa shape index (κ2) is 9.36. The molecule has 0 bridgehead atoms. The number of hydrogen-bond donors (Lipinski definition) is 1. The number of carbonyl (C=O) groups is 2. The molecule has 2 aromatic rings. The monoisotopic (exact) mass is 388 g/mol. The Morgan fingerprint density at radius 3 is 2.39 bits per heavy atom. The molecule has 0 unspecified atom stereocenters. The van der Waals surface area contributed by atoms with E-state index < -0.39 is 16.8 Å². The lowest BCUT2D eigenvalue weighted by Gasteiger charge is -2.11. The maximum atomic E-state index is 12.1. The maximum absolute atomic E-state index is 12.1. The minimum Gasteiger partial charge on any atom is -0.496 e. The summed E-state index contributed by atoms with van der Waals surface area (Å²) in [6.45, 7) is 1.51. The summed E-state index contributed by atoms with van der Waals surface area (Å²) in [5, 5.41) is 13.4. The number of nitrogens with one attached hydrogen (secondary N) is 1. The molecule has 1 amide bonds. The summed E-state index contributed by atoms with van der Waals surface area (Å²) < 4.78 is 15.2. The van der Waals surface area contributed by atoms with Crippen molar-refractivity contribution >= 4 is 17.6 Å². The van der Waals surface area contributed by atoms with Gasteiger partial charge in [0, 0.05) is 17.2 Å². The Bertz CT molecular complexity index is 896. The van der Waals surface area contributed by atoms with Crippen LogP contribution in [-0.4, -0.2) is 37.6 Å². The molecule has 2 rings (SSSR count). The van der Waals surface area contributed by atoms with E-state index in [1.54, 1.807) is 6.07 Å². The molecule has 148 valence electrons. The Morgan fingerprint density at radius 2 is 1.75 bits per heavy atom. The maximum Gasteiger partial charge on any atom is 0.325 e. The number of methoxy groups -OCH3 is 2.